The van der Waals surface area contributed by atoms with Gasteiger partial charge in [0.15, 0.2) is 0 Å². The summed E-state index contributed by atoms with van der Waals surface area (Å²) in [6.07, 6.45) is 2.41. The van der Waals surface area contributed by atoms with E-state index in [2.05, 4.69) is 28.8 Å². The molecule has 0 amide bonds. The minimum atomic E-state index is -0.142. The van der Waals surface area contributed by atoms with Crippen LogP contribution in [0.15, 0.2) is 29.2 Å². The highest BCUT2D eigenvalue weighted by Gasteiger charge is 2.06. The highest BCUT2D eigenvalue weighted by Crippen LogP contribution is 2.16. The van der Waals surface area contributed by atoms with Gasteiger partial charge in [-0.2, -0.15) is 0 Å². The number of methoxy groups -OCH3 is 1. The first-order valence-corrected chi connectivity index (χ1v) is 6.19. The molecule has 2 aromatic heterocycles. The fourth-order valence-corrected chi connectivity index (χ4v) is 1.81. The SMILES string of the molecule is COc1ccc(-c2nc(CC(C)C)cc(=O)[nH]2)cn1. The highest BCUT2D eigenvalue weighted by molar-refractivity contribution is 5.53. The topological polar surface area (TPSA) is 67.9 Å². The van der Waals surface area contributed by atoms with Crippen molar-refractivity contribution < 1.29 is 4.74 Å². The molecular weight excluding hydrogens is 242 g/mol. The van der Waals surface area contributed by atoms with Gasteiger partial charge in [-0.3, -0.25) is 4.79 Å². The van der Waals surface area contributed by atoms with Crippen molar-refractivity contribution in [2.75, 3.05) is 7.11 Å². The van der Waals surface area contributed by atoms with Crippen LogP contribution in [0.5, 0.6) is 5.88 Å². The monoisotopic (exact) mass is 259 g/mol. The molecule has 0 radical (unpaired) electrons. The summed E-state index contributed by atoms with van der Waals surface area (Å²) in [5.41, 5.74) is 1.42. The summed E-state index contributed by atoms with van der Waals surface area (Å²) in [6, 6.07) is 5.11. The molecule has 1 N–H and O–H groups in total. The van der Waals surface area contributed by atoms with Crippen LogP contribution in [0.3, 0.4) is 0 Å². The zero-order chi connectivity index (χ0) is 13.8. The second-order valence-corrected chi connectivity index (χ2v) is 4.77. The molecule has 100 valence electrons. The number of rotatable bonds is 4. The van der Waals surface area contributed by atoms with Gasteiger partial charge < -0.3 is 9.72 Å². The molecule has 0 aliphatic carbocycles. The van der Waals surface area contributed by atoms with Gasteiger partial charge in [-0.25, -0.2) is 9.97 Å². The van der Waals surface area contributed by atoms with Crippen molar-refractivity contribution in [2.24, 2.45) is 5.92 Å². The minimum Gasteiger partial charge on any atom is -0.481 e. The van der Waals surface area contributed by atoms with E-state index in [0.717, 1.165) is 17.7 Å². The summed E-state index contributed by atoms with van der Waals surface area (Å²) in [4.78, 5) is 22.9. The molecule has 0 aliphatic heterocycles. The number of aromatic nitrogens is 3. The fraction of sp³-hybridized carbons (Fsp3) is 0.357. The van der Waals surface area contributed by atoms with Crippen LogP contribution in [-0.4, -0.2) is 22.1 Å². The van der Waals surface area contributed by atoms with Gasteiger partial charge in [0.25, 0.3) is 5.56 Å². The molecule has 2 rings (SSSR count). The van der Waals surface area contributed by atoms with E-state index in [1.165, 1.54) is 0 Å². The van der Waals surface area contributed by atoms with Crippen molar-refractivity contribution in [2.45, 2.75) is 20.3 Å². The van der Waals surface area contributed by atoms with Crippen molar-refractivity contribution in [1.82, 2.24) is 15.0 Å². The van der Waals surface area contributed by atoms with Gasteiger partial charge in [0.05, 0.1) is 7.11 Å². The molecule has 0 aromatic carbocycles. The number of nitrogens with one attached hydrogen (secondary N) is 1. The molecule has 0 saturated heterocycles. The van der Waals surface area contributed by atoms with Crippen molar-refractivity contribution in [3.63, 3.8) is 0 Å². The van der Waals surface area contributed by atoms with Crippen LogP contribution in [0.25, 0.3) is 11.4 Å². The Balaban J connectivity index is 2.37. The van der Waals surface area contributed by atoms with E-state index in [9.17, 15) is 4.79 Å². The number of nitrogens with zero attached hydrogens (tertiary/aromatic N) is 2. The first kappa shape index (κ1) is 13.3. The summed E-state index contributed by atoms with van der Waals surface area (Å²) in [6.45, 7) is 4.19. The van der Waals surface area contributed by atoms with Crippen LogP contribution in [-0.2, 0) is 6.42 Å². The average molecular weight is 259 g/mol. The van der Waals surface area contributed by atoms with Crippen molar-refractivity contribution in [3.05, 3.63) is 40.4 Å². The van der Waals surface area contributed by atoms with Gasteiger partial charge in [-0.05, 0) is 18.4 Å². The lowest BCUT2D eigenvalue weighted by atomic mass is 10.1. The maximum atomic E-state index is 11.6. The van der Waals surface area contributed by atoms with Crippen LogP contribution in [0.2, 0.25) is 0 Å². The Hall–Kier alpha value is -2.17. The van der Waals surface area contributed by atoms with E-state index in [1.807, 2.05) is 6.07 Å². The van der Waals surface area contributed by atoms with E-state index in [-0.39, 0.29) is 5.56 Å². The van der Waals surface area contributed by atoms with E-state index in [1.54, 1.807) is 25.4 Å². The van der Waals surface area contributed by atoms with Crippen LogP contribution >= 0.6 is 0 Å². The summed E-state index contributed by atoms with van der Waals surface area (Å²) in [5, 5.41) is 0. The maximum absolute atomic E-state index is 11.6. The van der Waals surface area contributed by atoms with Gasteiger partial charge in [0, 0.05) is 29.6 Å². The lowest BCUT2D eigenvalue weighted by molar-refractivity contribution is 0.398. The predicted octanol–water partition coefficient (Wildman–Crippen LogP) is 2.04. The second kappa shape index (κ2) is 5.65. The first-order chi connectivity index (χ1) is 9.08. The van der Waals surface area contributed by atoms with Crippen molar-refractivity contribution in [1.29, 1.82) is 0 Å². The van der Waals surface area contributed by atoms with Gasteiger partial charge in [0.2, 0.25) is 5.88 Å². The van der Waals surface area contributed by atoms with Crippen LogP contribution < -0.4 is 10.3 Å². The minimum absolute atomic E-state index is 0.142. The lowest BCUT2D eigenvalue weighted by Crippen LogP contribution is -2.11. The molecule has 2 heterocycles. The number of hydrogen-bond acceptors (Lipinski definition) is 4. The predicted molar refractivity (Wildman–Crippen MR) is 73.2 cm³/mol. The Morgan fingerprint density at radius 1 is 1.37 bits per heavy atom. The number of H-pyrrole nitrogens is 1. The number of ether oxygens (including phenoxy) is 1. The second-order valence-electron chi connectivity index (χ2n) is 4.77. The Morgan fingerprint density at radius 3 is 2.74 bits per heavy atom. The Morgan fingerprint density at radius 2 is 2.16 bits per heavy atom. The molecule has 0 saturated carbocycles. The Bertz CT molecular complexity index is 603. The third-order valence-electron chi connectivity index (χ3n) is 2.63. The van der Waals surface area contributed by atoms with E-state index in [4.69, 9.17) is 4.74 Å². The Labute approximate surface area is 111 Å². The number of pyridine rings is 1. The average Bonchev–Trinajstić information content (AvgIpc) is 2.37. The molecular formula is C14H17N3O2. The van der Waals surface area contributed by atoms with Crippen LogP contribution in [0, 0.1) is 5.92 Å². The molecule has 0 aliphatic rings. The molecule has 0 bridgehead atoms. The zero-order valence-electron chi connectivity index (χ0n) is 11.3. The Kier molecular flexibility index (Phi) is 3.94. The number of aromatic amines is 1. The van der Waals surface area contributed by atoms with Crippen LogP contribution in [0.1, 0.15) is 19.5 Å². The summed E-state index contributed by atoms with van der Waals surface area (Å²) < 4.78 is 5.00. The maximum Gasteiger partial charge on any atom is 0.251 e. The normalized spacial score (nSPS) is 10.7. The molecule has 19 heavy (non-hydrogen) atoms. The fourth-order valence-electron chi connectivity index (χ4n) is 1.81. The first-order valence-electron chi connectivity index (χ1n) is 6.19. The van der Waals surface area contributed by atoms with Crippen molar-refractivity contribution >= 4 is 0 Å². The molecule has 0 fully saturated rings. The standard InChI is InChI=1S/C14H17N3O2/c1-9(2)6-11-7-12(18)17-14(16-11)10-4-5-13(19-3)15-8-10/h4-5,7-9H,6H2,1-3H3,(H,16,17,18). The molecule has 2 aromatic rings. The highest BCUT2D eigenvalue weighted by atomic mass is 16.5. The summed E-state index contributed by atoms with van der Waals surface area (Å²) in [5.74, 6) is 1.53. The molecule has 0 unspecified atom stereocenters. The van der Waals surface area contributed by atoms with Gasteiger partial charge in [-0.15, -0.1) is 0 Å². The molecule has 5 heteroatoms. The third-order valence-corrected chi connectivity index (χ3v) is 2.63. The summed E-state index contributed by atoms with van der Waals surface area (Å²) in [7, 11) is 1.56. The number of hydrogen-bond donors (Lipinski definition) is 1. The van der Waals surface area contributed by atoms with Gasteiger partial charge in [0.1, 0.15) is 5.82 Å². The molecule has 0 atom stereocenters. The molecule has 0 spiro atoms. The zero-order valence-corrected chi connectivity index (χ0v) is 11.3. The smallest absolute Gasteiger partial charge is 0.251 e. The van der Waals surface area contributed by atoms with E-state index in [0.29, 0.717) is 17.6 Å². The lowest BCUT2D eigenvalue weighted by Gasteiger charge is -2.06. The van der Waals surface area contributed by atoms with E-state index < -0.39 is 0 Å². The quantitative estimate of drug-likeness (QED) is 0.912. The third kappa shape index (κ3) is 3.40. The van der Waals surface area contributed by atoms with E-state index >= 15 is 0 Å². The summed E-state index contributed by atoms with van der Waals surface area (Å²) >= 11 is 0. The van der Waals surface area contributed by atoms with Gasteiger partial charge >= 0.3 is 0 Å². The van der Waals surface area contributed by atoms with Crippen LogP contribution in [0.4, 0.5) is 0 Å². The largest absolute Gasteiger partial charge is 0.481 e. The molecule has 5 nitrogen and oxygen atoms in total. The van der Waals surface area contributed by atoms with Gasteiger partial charge in [-0.1, -0.05) is 13.8 Å². The van der Waals surface area contributed by atoms with Crippen molar-refractivity contribution in [3.8, 4) is 17.3 Å².